The number of aliphatic carboxylic acids is 1. The van der Waals surface area contributed by atoms with Gasteiger partial charge in [0.1, 0.15) is 5.82 Å². The first-order chi connectivity index (χ1) is 6.97. The quantitative estimate of drug-likeness (QED) is 0.835. The number of carboxylic acids is 1. The Morgan fingerprint density at radius 3 is 2.73 bits per heavy atom. The van der Waals surface area contributed by atoms with E-state index < -0.39 is 17.7 Å². The molecule has 0 saturated heterocycles. The Morgan fingerprint density at radius 2 is 2.27 bits per heavy atom. The lowest BCUT2D eigenvalue weighted by molar-refractivity contribution is -0.138. The van der Waals surface area contributed by atoms with Crippen molar-refractivity contribution in [3.63, 3.8) is 0 Å². The molecule has 0 radical (unpaired) electrons. The molecule has 15 heavy (non-hydrogen) atoms. The zero-order valence-corrected chi connectivity index (χ0v) is 8.88. The minimum absolute atomic E-state index is 0.0283. The van der Waals surface area contributed by atoms with Crippen LogP contribution in [-0.4, -0.2) is 17.6 Å². The van der Waals surface area contributed by atoms with Crippen LogP contribution in [0.25, 0.3) is 0 Å². The second-order valence-corrected chi connectivity index (χ2v) is 3.66. The largest absolute Gasteiger partial charge is 0.481 e. The van der Waals surface area contributed by atoms with Crippen LogP contribution in [0.5, 0.6) is 0 Å². The standard InChI is InChI=1S/C10H11ClFNO2/c1-5-2-9(12)6(3-8(5)11)7(4-13)10(14)15/h2-3,7H,4,13H2,1H3,(H,14,15). The molecule has 3 nitrogen and oxygen atoms in total. The Morgan fingerprint density at radius 1 is 1.67 bits per heavy atom. The molecule has 0 aliphatic rings. The summed E-state index contributed by atoms with van der Waals surface area (Å²) in [4.78, 5) is 10.8. The third-order valence-corrected chi connectivity index (χ3v) is 2.59. The molecule has 0 fully saturated rings. The normalized spacial score (nSPS) is 12.5. The maximum absolute atomic E-state index is 13.5. The van der Waals surface area contributed by atoms with Gasteiger partial charge in [-0.1, -0.05) is 11.6 Å². The predicted octanol–water partition coefficient (Wildman–Crippen LogP) is 1.91. The molecule has 1 aromatic rings. The third kappa shape index (κ3) is 2.46. The highest BCUT2D eigenvalue weighted by Gasteiger charge is 2.22. The van der Waals surface area contributed by atoms with E-state index in [-0.39, 0.29) is 12.1 Å². The van der Waals surface area contributed by atoms with Gasteiger partial charge in [0.05, 0.1) is 5.92 Å². The highest BCUT2D eigenvalue weighted by atomic mass is 35.5. The van der Waals surface area contributed by atoms with Crippen LogP contribution < -0.4 is 5.73 Å². The van der Waals surface area contributed by atoms with Gasteiger partial charge in [-0.25, -0.2) is 4.39 Å². The van der Waals surface area contributed by atoms with Crippen LogP contribution in [0.3, 0.4) is 0 Å². The number of aryl methyl sites for hydroxylation is 1. The number of carbonyl (C=O) groups is 1. The van der Waals surface area contributed by atoms with Gasteiger partial charge in [0.15, 0.2) is 0 Å². The number of hydrogen-bond donors (Lipinski definition) is 2. The van der Waals surface area contributed by atoms with Crippen LogP contribution in [0, 0.1) is 12.7 Å². The summed E-state index contributed by atoms with van der Waals surface area (Å²) in [6.45, 7) is 1.49. The van der Waals surface area contributed by atoms with E-state index in [0.29, 0.717) is 10.6 Å². The van der Waals surface area contributed by atoms with Crippen molar-refractivity contribution >= 4 is 17.6 Å². The maximum atomic E-state index is 13.5. The molecular formula is C10H11ClFNO2. The first kappa shape index (κ1) is 11.9. The lowest BCUT2D eigenvalue weighted by atomic mass is 9.97. The van der Waals surface area contributed by atoms with Crippen LogP contribution in [0.15, 0.2) is 12.1 Å². The third-order valence-electron chi connectivity index (χ3n) is 2.19. The smallest absolute Gasteiger partial charge is 0.312 e. The van der Waals surface area contributed by atoms with Crippen molar-refractivity contribution in [2.24, 2.45) is 5.73 Å². The molecule has 0 aliphatic carbocycles. The number of benzene rings is 1. The number of carboxylic acid groups (broad SMARTS) is 1. The molecule has 0 bridgehead atoms. The van der Waals surface area contributed by atoms with E-state index >= 15 is 0 Å². The van der Waals surface area contributed by atoms with Crippen molar-refractivity contribution in [3.8, 4) is 0 Å². The molecule has 0 amide bonds. The van der Waals surface area contributed by atoms with Crippen LogP contribution in [0.1, 0.15) is 17.0 Å². The molecular weight excluding hydrogens is 221 g/mol. The van der Waals surface area contributed by atoms with Gasteiger partial charge < -0.3 is 10.8 Å². The van der Waals surface area contributed by atoms with Crippen molar-refractivity contribution < 1.29 is 14.3 Å². The van der Waals surface area contributed by atoms with Gasteiger partial charge in [0.2, 0.25) is 0 Å². The summed E-state index contributed by atoms with van der Waals surface area (Å²) in [6, 6.07) is 2.53. The molecule has 0 aromatic heterocycles. The zero-order valence-electron chi connectivity index (χ0n) is 8.13. The summed E-state index contributed by atoms with van der Waals surface area (Å²) in [7, 11) is 0. The average molecular weight is 232 g/mol. The van der Waals surface area contributed by atoms with E-state index in [9.17, 15) is 9.18 Å². The summed E-state index contributed by atoms with van der Waals surface area (Å²) in [5, 5.41) is 9.16. The van der Waals surface area contributed by atoms with E-state index in [2.05, 4.69) is 0 Å². The first-order valence-electron chi connectivity index (χ1n) is 4.35. The van der Waals surface area contributed by atoms with Gasteiger partial charge >= 0.3 is 5.97 Å². The van der Waals surface area contributed by atoms with Crippen molar-refractivity contribution in [2.75, 3.05) is 6.54 Å². The molecule has 0 spiro atoms. The molecule has 0 saturated carbocycles. The summed E-state index contributed by atoms with van der Waals surface area (Å²) in [5.41, 5.74) is 5.87. The summed E-state index contributed by atoms with van der Waals surface area (Å²) in [5.74, 6) is -2.80. The fraction of sp³-hybridized carbons (Fsp3) is 0.300. The molecule has 0 aliphatic heterocycles. The Labute approximate surface area is 91.7 Å². The molecule has 1 aromatic carbocycles. The fourth-order valence-corrected chi connectivity index (χ4v) is 1.46. The van der Waals surface area contributed by atoms with E-state index in [0.717, 1.165) is 0 Å². The van der Waals surface area contributed by atoms with Gasteiger partial charge in [-0.2, -0.15) is 0 Å². The van der Waals surface area contributed by atoms with E-state index in [1.54, 1.807) is 6.92 Å². The SMILES string of the molecule is Cc1cc(F)c(C(CN)C(=O)O)cc1Cl. The minimum Gasteiger partial charge on any atom is -0.481 e. The molecule has 82 valence electrons. The van der Waals surface area contributed by atoms with E-state index in [1.807, 2.05) is 0 Å². The van der Waals surface area contributed by atoms with Gasteiger partial charge in [-0.3, -0.25) is 4.79 Å². The number of hydrogen-bond acceptors (Lipinski definition) is 2. The average Bonchev–Trinajstić information content (AvgIpc) is 2.14. The summed E-state index contributed by atoms with van der Waals surface area (Å²) < 4.78 is 13.5. The van der Waals surface area contributed by atoms with Crippen molar-refractivity contribution in [3.05, 3.63) is 34.1 Å². The Kier molecular flexibility index (Phi) is 3.66. The van der Waals surface area contributed by atoms with E-state index in [1.165, 1.54) is 12.1 Å². The fourth-order valence-electron chi connectivity index (χ4n) is 1.29. The molecule has 5 heteroatoms. The van der Waals surface area contributed by atoms with Gasteiger partial charge in [-0.15, -0.1) is 0 Å². The van der Waals surface area contributed by atoms with Crippen molar-refractivity contribution in [1.82, 2.24) is 0 Å². The second-order valence-electron chi connectivity index (χ2n) is 3.25. The van der Waals surface area contributed by atoms with E-state index in [4.69, 9.17) is 22.4 Å². The van der Waals surface area contributed by atoms with Crippen LogP contribution >= 0.6 is 11.6 Å². The first-order valence-corrected chi connectivity index (χ1v) is 4.73. The molecule has 0 heterocycles. The van der Waals surface area contributed by atoms with Gasteiger partial charge in [0.25, 0.3) is 0 Å². The number of rotatable bonds is 3. The molecule has 1 rings (SSSR count). The summed E-state index contributed by atoms with van der Waals surface area (Å²) >= 11 is 5.79. The highest BCUT2D eigenvalue weighted by molar-refractivity contribution is 6.31. The molecule has 3 N–H and O–H groups in total. The summed E-state index contributed by atoms with van der Waals surface area (Å²) in [6.07, 6.45) is 0. The Bertz CT molecular complexity index is 395. The maximum Gasteiger partial charge on any atom is 0.312 e. The monoisotopic (exact) mass is 231 g/mol. The van der Waals surface area contributed by atoms with Crippen molar-refractivity contribution in [2.45, 2.75) is 12.8 Å². The van der Waals surface area contributed by atoms with Crippen molar-refractivity contribution in [1.29, 1.82) is 0 Å². The number of halogens is 2. The predicted molar refractivity (Wildman–Crippen MR) is 55.6 cm³/mol. The molecule has 1 unspecified atom stereocenters. The minimum atomic E-state index is -1.16. The Hall–Kier alpha value is -1.13. The highest BCUT2D eigenvalue weighted by Crippen LogP contribution is 2.25. The lowest BCUT2D eigenvalue weighted by Gasteiger charge is -2.12. The Balaban J connectivity index is 3.24. The van der Waals surface area contributed by atoms with Crippen LogP contribution in [0.2, 0.25) is 5.02 Å². The topological polar surface area (TPSA) is 63.3 Å². The van der Waals surface area contributed by atoms with Gasteiger partial charge in [-0.05, 0) is 24.6 Å². The van der Waals surface area contributed by atoms with Gasteiger partial charge in [0, 0.05) is 17.1 Å². The van der Waals surface area contributed by atoms with Crippen LogP contribution in [-0.2, 0) is 4.79 Å². The lowest BCUT2D eigenvalue weighted by Crippen LogP contribution is -2.22. The second kappa shape index (κ2) is 4.59. The van der Waals surface area contributed by atoms with Crippen LogP contribution in [0.4, 0.5) is 4.39 Å². The molecule has 1 atom stereocenters. The zero-order chi connectivity index (χ0) is 11.6. The number of nitrogens with two attached hydrogens (primary N) is 1.